The summed E-state index contributed by atoms with van der Waals surface area (Å²) in [6.45, 7) is 2.47. The van der Waals surface area contributed by atoms with Crippen molar-refractivity contribution < 1.29 is 9.90 Å². The summed E-state index contributed by atoms with van der Waals surface area (Å²) in [5.74, 6) is 0.551. The van der Waals surface area contributed by atoms with E-state index >= 15 is 0 Å². The third-order valence-corrected chi connectivity index (χ3v) is 3.10. The first-order valence-corrected chi connectivity index (χ1v) is 5.53. The summed E-state index contributed by atoms with van der Waals surface area (Å²) in [4.78, 5) is 15.2. The van der Waals surface area contributed by atoms with E-state index in [1.54, 1.807) is 19.0 Å². The molecule has 1 aliphatic carbocycles. The van der Waals surface area contributed by atoms with Crippen LogP contribution in [0.1, 0.15) is 19.8 Å². The maximum atomic E-state index is 11.7. The molecule has 88 valence electrons. The third kappa shape index (κ3) is 3.47. The molecular weight excluding hydrogens is 192 g/mol. The van der Waals surface area contributed by atoms with Crippen LogP contribution in [-0.2, 0) is 4.79 Å². The monoisotopic (exact) mass is 214 g/mol. The SMILES string of the molecule is C[C@H](C(=O)N(C)C)N(C)C[C@H](O)C1CC1. The van der Waals surface area contributed by atoms with Gasteiger partial charge in [0.15, 0.2) is 0 Å². The van der Waals surface area contributed by atoms with E-state index < -0.39 is 0 Å². The topological polar surface area (TPSA) is 43.8 Å². The first kappa shape index (κ1) is 12.5. The Morgan fingerprint density at radius 2 is 1.93 bits per heavy atom. The zero-order valence-corrected chi connectivity index (χ0v) is 10.1. The second-order valence-electron chi connectivity index (χ2n) is 4.75. The molecule has 1 N–H and O–H groups in total. The van der Waals surface area contributed by atoms with Gasteiger partial charge < -0.3 is 10.0 Å². The van der Waals surface area contributed by atoms with Crippen molar-refractivity contribution in [1.82, 2.24) is 9.80 Å². The van der Waals surface area contributed by atoms with Crippen LogP contribution in [0.5, 0.6) is 0 Å². The van der Waals surface area contributed by atoms with Gasteiger partial charge in [0.25, 0.3) is 0 Å². The molecule has 4 heteroatoms. The molecule has 1 fully saturated rings. The van der Waals surface area contributed by atoms with Crippen LogP contribution in [0.2, 0.25) is 0 Å². The van der Waals surface area contributed by atoms with Crippen LogP contribution >= 0.6 is 0 Å². The Hall–Kier alpha value is -0.610. The number of hydrogen-bond acceptors (Lipinski definition) is 3. The number of likely N-dealkylation sites (N-methyl/N-ethyl adjacent to an activating group) is 2. The second-order valence-corrected chi connectivity index (χ2v) is 4.75. The van der Waals surface area contributed by atoms with Gasteiger partial charge in [-0.15, -0.1) is 0 Å². The third-order valence-electron chi connectivity index (χ3n) is 3.10. The highest BCUT2D eigenvalue weighted by Gasteiger charge is 2.32. The van der Waals surface area contributed by atoms with E-state index in [1.807, 2.05) is 18.9 Å². The number of rotatable bonds is 5. The van der Waals surface area contributed by atoms with Gasteiger partial charge in [0.1, 0.15) is 0 Å². The lowest BCUT2D eigenvalue weighted by atomic mass is 10.2. The van der Waals surface area contributed by atoms with Crippen molar-refractivity contribution >= 4 is 5.91 Å². The quantitative estimate of drug-likeness (QED) is 0.709. The molecule has 0 bridgehead atoms. The van der Waals surface area contributed by atoms with Gasteiger partial charge >= 0.3 is 0 Å². The Morgan fingerprint density at radius 1 is 1.40 bits per heavy atom. The molecule has 0 aromatic carbocycles. The average Bonchev–Trinajstić information content (AvgIpc) is 2.98. The van der Waals surface area contributed by atoms with Gasteiger partial charge in [-0.2, -0.15) is 0 Å². The summed E-state index contributed by atoms with van der Waals surface area (Å²) >= 11 is 0. The summed E-state index contributed by atoms with van der Waals surface area (Å²) in [7, 11) is 5.39. The predicted octanol–water partition coefficient (Wildman–Crippen LogP) is 0.166. The van der Waals surface area contributed by atoms with Gasteiger partial charge in [0.2, 0.25) is 5.91 Å². The van der Waals surface area contributed by atoms with E-state index in [9.17, 15) is 9.90 Å². The maximum absolute atomic E-state index is 11.7. The summed E-state index contributed by atoms with van der Waals surface area (Å²) in [5, 5.41) is 9.76. The van der Waals surface area contributed by atoms with Crippen molar-refractivity contribution in [3.8, 4) is 0 Å². The molecule has 0 spiro atoms. The molecule has 0 aliphatic heterocycles. The second kappa shape index (κ2) is 4.94. The summed E-state index contributed by atoms with van der Waals surface area (Å²) < 4.78 is 0. The van der Waals surface area contributed by atoms with Crippen molar-refractivity contribution in [2.24, 2.45) is 5.92 Å². The molecule has 0 unspecified atom stereocenters. The Bertz CT molecular complexity index is 227. The zero-order valence-electron chi connectivity index (χ0n) is 10.1. The van der Waals surface area contributed by atoms with Crippen molar-refractivity contribution in [2.75, 3.05) is 27.7 Å². The van der Waals surface area contributed by atoms with Crippen LogP contribution in [0, 0.1) is 5.92 Å². The number of carbonyl (C=O) groups is 1. The summed E-state index contributed by atoms with van der Waals surface area (Å²) in [5.41, 5.74) is 0. The minimum Gasteiger partial charge on any atom is -0.392 e. The van der Waals surface area contributed by atoms with Crippen LogP contribution in [0.3, 0.4) is 0 Å². The zero-order chi connectivity index (χ0) is 11.6. The molecular formula is C11H22N2O2. The van der Waals surface area contributed by atoms with E-state index in [0.717, 1.165) is 12.8 Å². The fraction of sp³-hybridized carbons (Fsp3) is 0.909. The molecule has 1 rings (SSSR count). The number of nitrogens with zero attached hydrogens (tertiary/aromatic N) is 2. The fourth-order valence-corrected chi connectivity index (χ4v) is 1.65. The predicted molar refractivity (Wildman–Crippen MR) is 59.5 cm³/mol. The van der Waals surface area contributed by atoms with Crippen LogP contribution in [-0.4, -0.2) is 60.6 Å². The highest BCUT2D eigenvalue weighted by molar-refractivity contribution is 5.80. The lowest BCUT2D eigenvalue weighted by Crippen LogP contribution is -2.45. The van der Waals surface area contributed by atoms with E-state index in [2.05, 4.69) is 0 Å². The molecule has 0 radical (unpaired) electrons. The smallest absolute Gasteiger partial charge is 0.239 e. The van der Waals surface area contributed by atoms with Crippen molar-refractivity contribution in [3.05, 3.63) is 0 Å². The first-order valence-electron chi connectivity index (χ1n) is 5.53. The Morgan fingerprint density at radius 3 is 2.33 bits per heavy atom. The van der Waals surface area contributed by atoms with E-state index in [-0.39, 0.29) is 18.1 Å². The van der Waals surface area contributed by atoms with Crippen molar-refractivity contribution in [3.63, 3.8) is 0 Å². The van der Waals surface area contributed by atoms with Gasteiger partial charge in [-0.3, -0.25) is 9.69 Å². The molecule has 2 atom stereocenters. The van der Waals surface area contributed by atoms with E-state index in [1.165, 1.54) is 0 Å². The van der Waals surface area contributed by atoms with Crippen LogP contribution in [0.15, 0.2) is 0 Å². The molecule has 1 saturated carbocycles. The van der Waals surface area contributed by atoms with Gasteiger partial charge in [-0.05, 0) is 32.7 Å². The average molecular weight is 214 g/mol. The largest absolute Gasteiger partial charge is 0.392 e. The van der Waals surface area contributed by atoms with Crippen LogP contribution < -0.4 is 0 Å². The number of hydrogen-bond donors (Lipinski definition) is 1. The van der Waals surface area contributed by atoms with Crippen LogP contribution in [0.4, 0.5) is 0 Å². The highest BCUT2D eigenvalue weighted by atomic mass is 16.3. The number of carbonyl (C=O) groups excluding carboxylic acids is 1. The maximum Gasteiger partial charge on any atom is 0.239 e. The van der Waals surface area contributed by atoms with Gasteiger partial charge in [-0.1, -0.05) is 0 Å². The molecule has 0 aromatic rings. The number of aliphatic hydroxyl groups excluding tert-OH is 1. The molecule has 15 heavy (non-hydrogen) atoms. The van der Waals surface area contributed by atoms with Gasteiger partial charge in [0, 0.05) is 20.6 Å². The Kier molecular flexibility index (Phi) is 4.11. The van der Waals surface area contributed by atoms with E-state index in [0.29, 0.717) is 12.5 Å². The van der Waals surface area contributed by atoms with Gasteiger partial charge in [0.05, 0.1) is 12.1 Å². The van der Waals surface area contributed by atoms with Crippen LogP contribution in [0.25, 0.3) is 0 Å². The molecule has 1 amide bonds. The minimum atomic E-state index is -0.271. The Labute approximate surface area is 91.9 Å². The lowest BCUT2D eigenvalue weighted by Gasteiger charge is -2.28. The molecule has 0 heterocycles. The van der Waals surface area contributed by atoms with E-state index in [4.69, 9.17) is 0 Å². The molecule has 0 aromatic heterocycles. The fourth-order valence-electron chi connectivity index (χ4n) is 1.65. The van der Waals surface area contributed by atoms with Gasteiger partial charge in [-0.25, -0.2) is 0 Å². The summed E-state index contributed by atoms with van der Waals surface area (Å²) in [6.07, 6.45) is 1.99. The highest BCUT2D eigenvalue weighted by Crippen LogP contribution is 2.32. The minimum absolute atomic E-state index is 0.0838. The molecule has 0 saturated heterocycles. The Balaban J connectivity index is 2.37. The first-order chi connectivity index (χ1) is 6.93. The molecule has 4 nitrogen and oxygen atoms in total. The normalized spacial score (nSPS) is 20.1. The number of amides is 1. The number of aliphatic hydroxyl groups is 1. The van der Waals surface area contributed by atoms with Crippen molar-refractivity contribution in [1.29, 1.82) is 0 Å². The lowest BCUT2D eigenvalue weighted by molar-refractivity contribution is -0.133. The molecule has 1 aliphatic rings. The van der Waals surface area contributed by atoms with Crippen molar-refractivity contribution in [2.45, 2.75) is 31.9 Å². The summed E-state index contributed by atoms with van der Waals surface area (Å²) in [6, 6.07) is -0.159. The standard InChI is InChI=1S/C11H22N2O2/c1-8(11(15)12(2)3)13(4)7-10(14)9-5-6-9/h8-10,14H,5-7H2,1-4H3/t8-,10+/m1/s1.